The number of hydrogen-bond acceptors (Lipinski definition) is 1. The summed E-state index contributed by atoms with van der Waals surface area (Å²) < 4.78 is 2.32. The summed E-state index contributed by atoms with van der Waals surface area (Å²) >= 11 is 5.97. The van der Waals surface area contributed by atoms with Crippen LogP contribution in [0.5, 0.6) is 0 Å². The third kappa shape index (κ3) is 3.11. The van der Waals surface area contributed by atoms with Crippen LogP contribution >= 0.6 is 11.6 Å². The first kappa shape index (κ1) is 14.2. The quantitative estimate of drug-likeness (QED) is 0.667. The lowest BCUT2D eigenvalue weighted by Gasteiger charge is -2.11. The average Bonchev–Trinajstić information content (AvgIpc) is 2.78. The van der Waals surface area contributed by atoms with Crippen LogP contribution in [0.2, 0.25) is 5.02 Å². The Kier molecular flexibility index (Phi) is 3.98. The van der Waals surface area contributed by atoms with Gasteiger partial charge in [0.25, 0.3) is 0 Å². The predicted octanol–water partition coefficient (Wildman–Crippen LogP) is 4.94. The molecule has 0 saturated heterocycles. The molecular weight excluding hydrogens is 280 g/mol. The lowest BCUT2D eigenvalue weighted by atomic mass is 10.1. The van der Waals surface area contributed by atoms with E-state index in [2.05, 4.69) is 48.7 Å². The summed E-state index contributed by atoms with van der Waals surface area (Å²) in [5.74, 6) is 1.74. The second kappa shape index (κ2) is 5.90. The molecule has 0 aliphatic carbocycles. The van der Waals surface area contributed by atoms with Crippen molar-refractivity contribution in [1.82, 2.24) is 9.55 Å². The van der Waals surface area contributed by atoms with Crippen molar-refractivity contribution in [2.24, 2.45) is 5.92 Å². The number of halogens is 1. The molecule has 0 N–H and O–H groups in total. The highest BCUT2D eigenvalue weighted by Gasteiger charge is 2.12. The van der Waals surface area contributed by atoms with Gasteiger partial charge in [0.1, 0.15) is 5.82 Å². The summed E-state index contributed by atoms with van der Waals surface area (Å²) in [7, 11) is 0. The first-order chi connectivity index (χ1) is 10.1. The minimum atomic E-state index is 0.589. The molecule has 0 atom stereocenters. The van der Waals surface area contributed by atoms with Gasteiger partial charge in [0.05, 0.1) is 11.0 Å². The van der Waals surface area contributed by atoms with E-state index in [1.54, 1.807) is 0 Å². The maximum Gasteiger partial charge on any atom is 0.110 e. The highest BCUT2D eigenvalue weighted by molar-refractivity contribution is 6.30. The lowest BCUT2D eigenvalue weighted by Crippen LogP contribution is -2.08. The second-order valence-corrected chi connectivity index (χ2v) is 6.26. The SMILES string of the molecule is CC(C)Cc1nc2ccccc2n1Cc1ccc(Cl)cc1. The number of imidazole rings is 1. The van der Waals surface area contributed by atoms with Gasteiger partial charge in [-0.05, 0) is 35.7 Å². The average molecular weight is 299 g/mol. The van der Waals surface area contributed by atoms with Gasteiger partial charge >= 0.3 is 0 Å². The van der Waals surface area contributed by atoms with Gasteiger partial charge < -0.3 is 4.57 Å². The number of rotatable bonds is 4. The highest BCUT2D eigenvalue weighted by atomic mass is 35.5. The lowest BCUT2D eigenvalue weighted by molar-refractivity contribution is 0.595. The normalized spacial score (nSPS) is 11.4. The molecular formula is C18H19ClN2. The van der Waals surface area contributed by atoms with Crippen LogP contribution in [0, 0.1) is 5.92 Å². The fourth-order valence-corrected chi connectivity index (χ4v) is 2.72. The third-order valence-corrected chi connectivity index (χ3v) is 3.83. The van der Waals surface area contributed by atoms with E-state index in [0.29, 0.717) is 5.92 Å². The summed E-state index contributed by atoms with van der Waals surface area (Å²) in [4.78, 5) is 4.80. The molecule has 0 bridgehead atoms. The smallest absolute Gasteiger partial charge is 0.110 e. The van der Waals surface area contributed by atoms with E-state index in [9.17, 15) is 0 Å². The van der Waals surface area contributed by atoms with Gasteiger partial charge in [-0.15, -0.1) is 0 Å². The minimum Gasteiger partial charge on any atom is -0.323 e. The number of fused-ring (bicyclic) bond motifs is 1. The van der Waals surface area contributed by atoms with Crippen molar-refractivity contribution in [3.63, 3.8) is 0 Å². The molecule has 0 saturated carbocycles. The van der Waals surface area contributed by atoms with Gasteiger partial charge in [-0.2, -0.15) is 0 Å². The van der Waals surface area contributed by atoms with Crippen LogP contribution in [0.25, 0.3) is 11.0 Å². The molecule has 1 aromatic heterocycles. The molecule has 0 spiro atoms. The second-order valence-electron chi connectivity index (χ2n) is 5.83. The molecule has 108 valence electrons. The Bertz CT molecular complexity index is 742. The number of para-hydroxylation sites is 2. The Hall–Kier alpha value is -1.80. The Balaban J connectivity index is 2.03. The van der Waals surface area contributed by atoms with Crippen molar-refractivity contribution in [2.45, 2.75) is 26.8 Å². The largest absolute Gasteiger partial charge is 0.323 e. The van der Waals surface area contributed by atoms with E-state index in [1.807, 2.05) is 18.2 Å². The Morgan fingerprint density at radius 1 is 1.05 bits per heavy atom. The molecule has 3 heteroatoms. The number of hydrogen-bond donors (Lipinski definition) is 0. The number of benzene rings is 2. The van der Waals surface area contributed by atoms with E-state index in [-0.39, 0.29) is 0 Å². The number of aromatic nitrogens is 2. The Morgan fingerprint density at radius 2 is 1.76 bits per heavy atom. The molecule has 0 amide bonds. The third-order valence-electron chi connectivity index (χ3n) is 3.58. The number of nitrogens with zero attached hydrogens (tertiary/aromatic N) is 2. The molecule has 1 heterocycles. The molecule has 0 aliphatic rings. The van der Waals surface area contributed by atoms with Crippen LogP contribution in [-0.2, 0) is 13.0 Å². The van der Waals surface area contributed by atoms with Crippen molar-refractivity contribution in [3.05, 3.63) is 64.9 Å². The topological polar surface area (TPSA) is 17.8 Å². The summed E-state index contributed by atoms with van der Waals surface area (Å²) in [6, 6.07) is 16.4. The standard InChI is InChI=1S/C18H19ClN2/c1-13(2)11-18-20-16-5-3-4-6-17(16)21(18)12-14-7-9-15(19)10-8-14/h3-10,13H,11-12H2,1-2H3. The Morgan fingerprint density at radius 3 is 2.48 bits per heavy atom. The first-order valence-electron chi connectivity index (χ1n) is 7.32. The van der Waals surface area contributed by atoms with Gasteiger partial charge in [0.15, 0.2) is 0 Å². The van der Waals surface area contributed by atoms with Gasteiger partial charge in [-0.25, -0.2) is 4.98 Å². The summed E-state index contributed by atoms with van der Waals surface area (Å²) in [5.41, 5.74) is 3.51. The molecule has 0 aliphatic heterocycles. The molecule has 3 rings (SSSR count). The van der Waals surface area contributed by atoms with Crippen LogP contribution in [0.1, 0.15) is 25.2 Å². The fourth-order valence-electron chi connectivity index (χ4n) is 2.60. The zero-order valence-electron chi connectivity index (χ0n) is 12.4. The van der Waals surface area contributed by atoms with Crippen molar-refractivity contribution in [1.29, 1.82) is 0 Å². The van der Waals surface area contributed by atoms with E-state index in [4.69, 9.17) is 16.6 Å². The van der Waals surface area contributed by atoms with Gasteiger partial charge in [0.2, 0.25) is 0 Å². The van der Waals surface area contributed by atoms with Gasteiger partial charge in [0, 0.05) is 18.0 Å². The van der Waals surface area contributed by atoms with Crippen molar-refractivity contribution < 1.29 is 0 Å². The fraction of sp³-hybridized carbons (Fsp3) is 0.278. The molecule has 2 nitrogen and oxygen atoms in total. The maximum atomic E-state index is 5.97. The van der Waals surface area contributed by atoms with Crippen LogP contribution in [-0.4, -0.2) is 9.55 Å². The Labute approximate surface area is 130 Å². The van der Waals surface area contributed by atoms with Crippen LogP contribution < -0.4 is 0 Å². The van der Waals surface area contributed by atoms with Gasteiger partial charge in [-0.3, -0.25) is 0 Å². The van der Waals surface area contributed by atoms with E-state index < -0.39 is 0 Å². The van der Waals surface area contributed by atoms with Crippen molar-refractivity contribution in [3.8, 4) is 0 Å². The molecule has 0 radical (unpaired) electrons. The van der Waals surface area contributed by atoms with E-state index in [0.717, 1.165) is 29.3 Å². The molecule has 2 aromatic carbocycles. The minimum absolute atomic E-state index is 0.589. The van der Waals surface area contributed by atoms with Gasteiger partial charge in [-0.1, -0.05) is 49.7 Å². The zero-order valence-corrected chi connectivity index (χ0v) is 13.1. The van der Waals surface area contributed by atoms with E-state index in [1.165, 1.54) is 11.1 Å². The van der Waals surface area contributed by atoms with Crippen molar-refractivity contribution in [2.75, 3.05) is 0 Å². The molecule has 0 unspecified atom stereocenters. The molecule has 0 fully saturated rings. The van der Waals surface area contributed by atoms with Crippen LogP contribution in [0.4, 0.5) is 0 Å². The van der Waals surface area contributed by atoms with Crippen molar-refractivity contribution >= 4 is 22.6 Å². The predicted molar refractivity (Wildman–Crippen MR) is 88.8 cm³/mol. The van der Waals surface area contributed by atoms with Crippen LogP contribution in [0.15, 0.2) is 48.5 Å². The highest BCUT2D eigenvalue weighted by Crippen LogP contribution is 2.20. The zero-order chi connectivity index (χ0) is 14.8. The summed E-state index contributed by atoms with van der Waals surface area (Å²) in [6.45, 7) is 5.29. The molecule has 21 heavy (non-hydrogen) atoms. The summed E-state index contributed by atoms with van der Waals surface area (Å²) in [5, 5.41) is 0.775. The monoisotopic (exact) mass is 298 g/mol. The van der Waals surface area contributed by atoms with E-state index >= 15 is 0 Å². The first-order valence-corrected chi connectivity index (χ1v) is 7.70. The maximum absolute atomic E-state index is 5.97. The van der Waals surface area contributed by atoms with Crippen LogP contribution in [0.3, 0.4) is 0 Å². The summed E-state index contributed by atoms with van der Waals surface area (Å²) in [6.07, 6.45) is 0.988. The molecule has 3 aromatic rings.